The number of hydrogen-bond acceptors (Lipinski definition) is 4. The van der Waals surface area contributed by atoms with E-state index in [1.807, 2.05) is 84.0 Å². The van der Waals surface area contributed by atoms with Gasteiger partial charge in [0, 0.05) is 13.1 Å². The normalized spacial score (nSPS) is 12.3. The summed E-state index contributed by atoms with van der Waals surface area (Å²) in [5, 5.41) is 2.93. The molecule has 1 unspecified atom stereocenters. The summed E-state index contributed by atoms with van der Waals surface area (Å²) < 4.78 is 26.8. The highest BCUT2D eigenvalue weighted by atomic mass is 32.2. The Morgan fingerprint density at radius 2 is 1.60 bits per heavy atom. The van der Waals surface area contributed by atoms with Crippen molar-refractivity contribution >= 4 is 27.5 Å². The summed E-state index contributed by atoms with van der Waals surface area (Å²) in [6.45, 7) is 11.8. The molecule has 192 valence electrons. The molecule has 0 saturated heterocycles. The van der Waals surface area contributed by atoms with Gasteiger partial charge in [0.1, 0.15) is 12.6 Å². The number of benzene rings is 2. The molecule has 2 aromatic carbocycles. The summed E-state index contributed by atoms with van der Waals surface area (Å²) in [7, 11) is -3.76. The molecule has 0 radical (unpaired) electrons. The van der Waals surface area contributed by atoms with Gasteiger partial charge in [-0.3, -0.25) is 13.9 Å². The molecule has 35 heavy (non-hydrogen) atoms. The van der Waals surface area contributed by atoms with Crippen LogP contribution in [0.25, 0.3) is 0 Å². The molecule has 1 N–H and O–H groups in total. The van der Waals surface area contributed by atoms with Crippen molar-refractivity contribution in [3.8, 4) is 0 Å². The zero-order valence-corrected chi connectivity index (χ0v) is 22.8. The van der Waals surface area contributed by atoms with E-state index in [0.717, 1.165) is 32.8 Å². The van der Waals surface area contributed by atoms with Gasteiger partial charge in [0.25, 0.3) is 0 Å². The zero-order valence-electron chi connectivity index (χ0n) is 22.0. The van der Waals surface area contributed by atoms with Gasteiger partial charge in [0.15, 0.2) is 0 Å². The highest BCUT2D eigenvalue weighted by Gasteiger charge is 2.32. The summed E-state index contributed by atoms with van der Waals surface area (Å²) in [4.78, 5) is 28.4. The van der Waals surface area contributed by atoms with E-state index < -0.39 is 22.0 Å². The smallest absolute Gasteiger partial charge is 0.244 e. The molecule has 8 heteroatoms. The number of para-hydroxylation sites is 1. The van der Waals surface area contributed by atoms with Crippen molar-refractivity contribution in [2.24, 2.45) is 5.92 Å². The van der Waals surface area contributed by atoms with Crippen molar-refractivity contribution in [3.63, 3.8) is 0 Å². The Hall–Kier alpha value is -2.87. The lowest BCUT2D eigenvalue weighted by Crippen LogP contribution is -2.52. The van der Waals surface area contributed by atoms with Crippen LogP contribution in [-0.2, 0) is 26.2 Å². The predicted octanol–water partition coefficient (Wildman–Crippen LogP) is 3.96. The fourth-order valence-corrected chi connectivity index (χ4v) is 5.09. The Balaban J connectivity index is 2.48. The SMILES string of the molecule is CCC(C(=O)NCC(C)C)N(Cc1cccc(C)c1)C(=O)CN(c1c(C)cccc1C)S(C)(=O)=O. The fraction of sp³-hybridized carbons (Fsp3) is 0.481. The van der Waals surface area contributed by atoms with Crippen LogP contribution in [0.2, 0.25) is 0 Å². The maximum atomic E-state index is 13.8. The Kier molecular flexibility index (Phi) is 9.89. The van der Waals surface area contributed by atoms with E-state index >= 15 is 0 Å². The molecular formula is C27H39N3O4S. The highest BCUT2D eigenvalue weighted by Crippen LogP contribution is 2.27. The molecule has 0 saturated carbocycles. The van der Waals surface area contributed by atoms with Gasteiger partial charge in [-0.15, -0.1) is 0 Å². The second kappa shape index (κ2) is 12.2. The van der Waals surface area contributed by atoms with Crippen LogP contribution >= 0.6 is 0 Å². The van der Waals surface area contributed by atoms with Crippen LogP contribution in [0.5, 0.6) is 0 Å². The average molecular weight is 502 g/mol. The summed E-state index contributed by atoms with van der Waals surface area (Å²) >= 11 is 0. The van der Waals surface area contributed by atoms with Crippen LogP contribution in [0.1, 0.15) is 49.4 Å². The van der Waals surface area contributed by atoms with Crippen LogP contribution in [0.4, 0.5) is 5.69 Å². The van der Waals surface area contributed by atoms with Crippen LogP contribution in [0.15, 0.2) is 42.5 Å². The molecule has 0 bridgehead atoms. The topological polar surface area (TPSA) is 86.8 Å². The molecule has 0 heterocycles. The summed E-state index contributed by atoms with van der Waals surface area (Å²) in [6.07, 6.45) is 1.51. The first-order chi connectivity index (χ1) is 16.3. The van der Waals surface area contributed by atoms with Crippen LogP contribution in [-0.4, -0.2) is 50.5 Å². The first kappa shape index (κ1) is 28.4. The number of anilines is 1. The van der Waals surface area contributed by atoms with E-state index in [0.29, 0.717) is 18.7 Å². The molecule has 0 aliphatic rings. The van der Waals surface area contributed by atoms with Crippen LogP contribution in [0, 0.1) is 26.7 Å². The number of sulfonamides is 1. The predicted molar refractivity (Wildman–Crippen MR) is 142 cm³/mol. The van der Waals surface area contributed by atoms with Crippen molar-refractivity contribution in [1.29, 1.82) is 0 Å². The van der Waals surface area contributed by atoms with E-state index in [9.17, 15) is 18.0 Å². The number of rotatable bonds is 11. The second-order valence-corrected chi connectivity index (χ2v) is 11.5. The number of nitrogens with one attached hydrogen (secondary N) is 1. The standard InChI is InChI=1S/C27H39N3O4S/c1-8-24(27(32)28-16-19(2)3)29(17-23-14-9-11-20(4)15-23)25(31)18-30(35(7,33)34)26-21(5)12-10-13-22(26)6/h9-15,19,24H,8,16-18H2,1-7H3,(H,28,32). The molecule has 0 aliphatic carbocycles. The molecule has 0 spiro atoms. The van der Waals surface area contributed by atoms with Gasteiger partial charge in [-0.05, 0) is 49.8 Å². The molecular weight excluding hydrogens is 462 g/mol. The van der Waals surface area contributed by atoms with E-state index in [2.05, 4.69) is 5.32 Å². The largest absolute Gasteiger partial charge is 0.354 e. The van der Waals surface area contributed by atoms with Gasteiger partial charge >= 0.3 is 0 Å². The fourth-order valence-electron chi connectivity index (χ4n) is 4.12. The van der Waals surface area contributed by atoms with Gasteiger partial charge < -0.3 is 10.2 Å². The molecule has 1 atom stereocenters. The maximum absolute atomic E-state index is 13.8. The lowest BCUT2D eigenvalue weighted by atomic mass is 10.1. The van der Waals surface area contributed by atoms with E-state index in [-0.39, 0.29) is 24.9 Å². The third-order valence-electron chi connectivity index (χ3n) is 5.87. The number of hydrogen-bond donors (Lipinski definition) is 1. The zero-order chi connectivity index (χ0) is 26.3. The Bertz CT molecular complexity index is 1120. The Morgan fingerprint density at radius 1 is 1.00 bits per heavy atom. The van der Waals surface area contributed by atoms with Crippen molar-refractivity contribution in [2.75, 3.05) is 23.7 Å². The first-order valence-corrected chi connectivity index (χ1v) is 13.9. The first-order valence-electron chi connectivity index (χ1n) is 12.0. The Labute approximate surface area is 210 Å². The van der Waals surface area contributed by atoms with E-state index in [1.165, 1.54) is 4.90 Å². The number of nitrogens with zero attached hydrogens (tertiary/aromatic N) is 2. The minimum atomic E-state index is -3.76. The highest BCUT2D eigenvalue weighted by molar-refractivity contribution is 7.92. The number of amides is 2. The third-order valence-corrected chi connectivity index (χ3v) is 6.99. The van der Waals surface area contributed by atoms with Crippen LogP contribution in [0.3, 0.4) is 0 Å². The summed E-state index contributed by atoms with van der Waals surface area (Å²) in [6, 6.07) is 12.5. The van der Waals surface area contributed by atoms with Gasteiger partial charge in [0.05, 0.1) is 11.9 Å². The lowest BCUT2D eigenvalue weighted by molar-refractivity contribution is -0.140. The molecule has 2 rings (SSSR count). The van der Waals surface area contributed by atoms with Crippen molar-refractivity contribution in [2.45, 2.75) is 60.5 Å². The van der Waals surface area contributed by atoms with Crippen molar-refractivity contribution in [1.82, 2.24) is 10.2 Å². The van der Waals surface area contributed by atoms with E-state index in [4.69, 9.17) is 0 Å². The van der Waals surface area contributed by atoms with Gasteiger partial charge in [0.2, 0.25) is 21.8 Å². The van der Waals surface area contributed by atoms with Gasteiger partial charge in [-0.25, -0.2) is 8.42 Å². The molecule has 7 nitrogen and oxygen atoms in total. The molecule has 0 fully saturated rings. The average Bonchev–Trinajstić information content (AvgIpc) is 2.76. The quantitative estimate of drug-likeness (QED) is 0.505. The second-order valence-electron chi connectivity index (χ2n) is 9.58. The molecule has 0 aliphatic heterocycles. The number of carbonyl (C=O) groups excluding carboxylic acids is 2. The molecule has 2 aromatic rings. The maximum Gasteiger partial charge on any atom is 0.244 e. The monoisotopic (exact) mass is 501 g/mol. The minimum absolute atomic E-state index is 0.207. The van der Waals surface area contributed by atoms with Crippen LogP contribution < -0.4 is 9.62 Å². The third kappa shape index (κ3) is 7.82. The summed E-state index contributed by atoms with van der Waals surface area (Å²) in [5.41, 5.74) is 3.94. The lowest BCUT2D eigenvalue weighted by Gasteiger charge is -2.33. The minimum Gasteiger partial charge on any atom is -0.354 e. The Morgan fingerprint density at radius 3 is 2.11 bits per heavy atom. The van der Waals surface area contributed by atoms with Crippen molar-refractivity contribution in [3.05, 3.63) is 64.7 Å². The van der Waals surface area contributed by atoms with Gasteiger partial charge in [-0.1, -0.05) is 68.8 Å². The van der Waals surface area contributed by atoms with Crippen molar-refractivity contribution < 1.29 is 18.0 Å². The number of aryl methyl sites for hydroxylation is 3. The summed E-state index contributed by atoms with van der Waals surface area (Å²) in [5.74, 6) is -0.395. The van der Waals surface area contributed by atoms with E-state index in [1.54, 1.807) is 0 Å². The van der Waals surface area contributed by atoms with Gasteiger partial charge in [-0.2, -0.15) is 0 Å². The molecule has 2 amide bonds. The molecule has 0 aromatic heterocycles. The number of carbonyl (C=O) groups is 2.